The molecule has 2 heteroatoms. The zero-order valence-corrected chi connectivity index (χ0v) is 10.7. The highest BCUT2D eigenvalue weighted by molar-refractivity contribution is 6.09. The predicted octanol–water partition coefficient (Wildman–Crippen LogP) is 3.12. The molecule has 0 aromatic heterocycles. The normalized spacial score (nSPS) is 9.32. The Labute approximate surface area is 113 Å². The molecule has 0 atom stereocenters. The Morgan fingerprint density at radius 1 is 1.11 bits per heavy atom. The lowest BCUT2D eigenvalue weighted by Crippen LogP contribution is -1.96. The van der Waals surface area contributed by atoms with Gasteiger partial charge in [-0.15, -0.1) is 0 Å². The van der Waals surface area contributed by atoms with Crippen molar-refractivity contribution in [2.75, 3.05) is 7.11 Å². The third-order valence-corrected chi connectivity index (χ3v) is 2.67. The van der Waals surface area contributed by atoms with E-state index in [0.29, 0.717) is 17.7 Å². The van der Waals surface area contributed by atoms with Crippen LogP contribution in [0.1, 0.15) is 15.9 Å². The Hall–Kier alpha value is -2.53. The Bertz CT molecular complexity index is 618. The molecule has 0 spiro atoms. The van der Waals surface area contributed by atoms with Gasteiger partial charge >= 0.3 is 0 Å². The SMILES string of the molecule is COc1cccc(C(=O)C#CCc2ccccc2)c1. The van der Waals surface area contributed by atoms with Crippen LogP contribution < -0.4 is 4.74 Å². The summed E-state index contributed by atoms with van der Waals surface area (Å²) < 4.78 is 5.08. The van der Waals surface area contributed by atoms with Crippen molar-refractivity contribution in [3.05, 3.63) is 65.7 Å². The van der Waals surface area contributed by atoms with Gasteiger partial charge in [0.2, 0.25) is 5.78 Å². The van der Waals surface area contributed by atoms with Crippen molar-refractivity contribution >= 4 is 5.78 Å². The molecule has 2 nitrogen and oxygen atoms in total. The van der Waals surface area contributed by atoms with Gasteiger partial charge in [-0.2, -0.15) is 0 Å². The first kappa shape index (κ1) is 12.9. The number of carbonyl (C=O) groups excluding carboxylic acids is 1. The second kappa shape index (κ2) is 6.42. The molecule has 0 bridgehead atoms. The predicted molar refractivity (Wildman–Crippen MR) is 75.2 cm³/mol. The summed E-state index contributed by atoms with van der Waals surface area (Å²) in [5, 5.41) is 0. The molecule has 0 N–H and O–H groups in total. The Morgan fingerprint density at radius 2 is 1.89 bits per heavy atom. The summed E-state index contributed by atoms with van der Waals surface area (Å²) in [7, 11) is 1.57. The minimum absolute atomic E-state index is 0.185. The van der Waals surface area contributed by atoms with Crippen LogP contribution in [-0.4, -0.2) is 12.9 Å². The summed E-state index contributed by atoms with van der Waals surface area (Å²) in [6.45, 7) is 0. The quantitative estimate of drug-likeness (QED) is 0.475. The van der Waals surface area contributed by atoms with Gasteiger partial charge in [-0.1, -0.05) is 48.4 Å². The van der Waals surface area contributed by atoms with Crippen LogP contribution in [0.25, 0.3) is 0 Å². The molecule has 94 valence electrons. The molecule has 0 saturated heterocycles. The highest BCUT2D eigenvalue weighted by atomic mass is 16.5. The second-order valence-electron chi connectivity index (χ2n) is 4.03. The summed E-state index contributed by atoms with van der Waals surface area (Å²) >= 11 is 0. The highest BCUT2D eigenvalue weighted by Crippen LogP contribution is 2.12. The van der Waals surface area contributed by atoms with Gasteiger partial charge in [0.25, 0.3) is 0 Å². The smallest absolute Gasteiger partial charge is 0.236 e. The monoisotopic (exact) mass is 250 g/mol. The van der Waals surface area contributed by atoms with Crippen molar-refractivity contribution in [1.29, 1.82) is 0 Å². The molecule has 0 amide bonds. The molecule has 0 aliphatic heterocycles. The van der Waals surface area contributed by atoms with Crippen LogP contribution in [0.15, 0.2) is 54.6 Å². The number of rotatable bonds is 3. The standard InChI is InChI=1S/C17H14O2/c1-19-16-11-6-10-15(13-16)17(18)12-5-9-14-7-3-2-4-8-14/h2-4,6-8,10-11,13H,9H2,1H3. The molecular weight excluding hydrogens is 236 g/mol. The summed E-state index contributed by atoms with van der Waals surface area (Å²) in [4.78, 5) is 11.9. The van der Waals surface area contributed by atoms with E-state index in [-0.39, 0.29) is 5.78 Å². The number of hydrogen-bond acceptors (Lipinski definition) is 2. The number of carbonyl (C=O) groups is 1. The maximum absolute atomic E-state index is 11.9. The van der Waals surface area contributed by atoms with Crippen molar-refractivity contribution in [3.63, 3.8) is 0 Å². The molecular formula is C17H14O2. The third kappa shape index (κ3) is 3.72. The van der Waals surface area contributed by atoms with Crippen LogP contribution in [0.2, 0.25) is 0 Å². The van der Waals surface area contributed by atoms with E-state index in [2.05, 4.69) is 11.8 Å². The minimum atomic E-state index is -0.185. The fourth-order valence-corrected chi connectivity index (χ4v) is 1.66. The number of hydrogen-bond donors (Lipinski definition) is 0. The van der Waals surface area contributed by atoms with Crippen LogP contribution in [0.4, 0.5) is 0 Å². The van der Waals surface area contributed by atoms with E-state index in [1.54, 1.807) is 31.4 Å². The van der Waals surface area contributed by atoms with E-state index in [1.165, 1.54) is 0 Å². The van der Waals surface area contributed by atoms with Crippen molar-refractivity contribution in [2.24, 2.45) is 0 Å². The average Bonchev–Trinajstić information content (AvgIpc) is 2.48. The Balaban J connectivity index is 2.05. The van der Waals surface area contributed by atoms with Gasteiger partial charge < -0.3 is 4.74 Å². The number of Topliss-reactive ketones (excluding diaryl/α,β-unsaturated/α-hetero) is 1. The lowest BCUT2D eigenvalue weighted by Gasteiger charge is -1.99. The van der Waals surface area contributed by atoms with Crippen LogP contribution in [-0.2, 0) is 6.42 Å². The van der Waals surface area contributed by atoms with E-state index in [9.17, 15) is 4.79 Å². The van der Waals surface area contributed by atoms with Crippen LogP contribution >= 0.6 is 0 Å². The van der Waals surface area contributed by atoms with Gasteiger partial charge in [0.1, 0.15) is 5.75 Å². The Kier molecular flexibility index (Phi) is 4.36. The fraction of sp³-hybridized carbons (Fsp3) is 0.118. The number of methoxy groups -OCH3 is 1. The molecule has 19 heavy (non-hydrogen) atoms. The number of benzene rings is 2. The van der Waals surface area contributed by atoms with Gasteiger partial charge in [-0.05, 0) is 23.6 Å². The number of ketones is 1. The molecule has 0 aliphatic carbocycles. The zero-order valence-electron chi connectivity index (χ0n) is 10.7. The maximum atomic E-state index is 11.9. The van der Waals surface area contributed by atoms with Crippen LogP contribution in [0, 0.1) is 11.8 Å². The van der Waals surface area contributed by atoms with E-state index >= 15 is 0 Å². The van der Waals surface area contributed by atoms with Crippen molar-refractivity contribution in [1.82, 2.24) is 0 Å². The lowest BCUT2D eigenvalue weighted by molar-refractivity contribution is 0.105. The summed E-state index contributed by atoms with van der Waals surface area (Å²) in [6.07, 6.45) is 0.580. The van der Waals surface area contributed by atoms with E-state index in [1.807, 2.05) is 30.3 Å². The number of ether oxygens (including phenoxy) is 1. The highest BCUT2D eigenvalue weighted by Gasteiger charge is 2.02. The first-order valence-corrected chi connectivity index (χ1v) is 6.01. The average molecular weight is 250 g/mol. The van der Waals surface area contributed by atoms with Crippen LogP contribution in [0.5, 0.6) is 5.75 Å². The van der Waals surface area contributed by atoms with Gasteiger partial charge in [0.05, 0.1) is 7.11 Å². The second-order valence-corrected chi connectivity index (χ2v) is 4.03. The van der Waals surface area contributed by atoms with E-state index in [4.69, 9.17) is 4.74 Å². The van der Waals surface area contributed by atoms with Gasteiger partial charge in [0.15, 0.2) is 0 Å². The molecule has 2 aromatic rings. The summed E-state index contributed by atoms with van der Waals surface area (Å²) in [5.74, 6) is 6.03. The third-order valence-electron chi connectivity index (χ3n) is 2.67. The Morgan fingerprint density at radius 3 is 2.63 bits per heavy atom. The minimum Gasteiger partial charge on any atom is -0.497 e. The van der Waals surface area contributed by atoms with Gasteiger partial charge in [-0.3, -0.25) is 4.79 Å². The first-order chi connectivity index (χ1) is 9.29. The fourth-order valence-electron chi connectivity index (χ4n) is 1.66. The lowest BCUT2D eigenvalue weighted by atomic mass is 10.1. The molecule has 2 rings (SSSR count). The molecule has 2 aromatic carbocycles. The molecule has 0 heterocycles. The van der Waals surface area contributed by atoms with E-state index < -0.39 is 0 Å². The summed E-state index contributed by atoms with van der Waals surface area (Å²) in [6, 6.07) is 16.9. The van der Waals surface area contributed by atoms with Crippen molar-refractivity contribution in [2.45, 2.75) is 6.42 Å². The topological polar surface area (TPSA) is 26.3 Å². The van der Waals surface area contributed by atoms with Crippen molar-refractivity contribution in [3.8, 4) is 17.6 Å². The molecule has 0 unspecified atom stereocenters. The molecule has 0 radical (unpaired) electrons. The van der Waals surface area contributed by atoms with Crippen molar-refractivity contribution < 1.29 is 9.53 Å². The van der Waals surface area contributed by atoms with Gasteiger partial charge in [-0.25, -0.2) is 0 Å². The molecule has 0 aliphatic rings. The summed E-state index contributed by atoms with van der Waals surface area (Å²) in [5.41, 5.74) is 1.66. The molecule has 0 fully saturated rings. The molecule has 0 saturated carbocycles. The van der Waals surface area contributed by atoms with Crippen LogP contribution in [0.3, 0.4) is 0 Å². The maximum Gasteiger partial charge on any atom is 0.236 e. The first-order valence-electron chi connectivity index (χ1n) is 6.01. The zero-order chi connectivity index (χ0) is 13.5. The largest absolute Gasteiger partial charge is 0.497 e. The van der Waals surface area contributed by atoms with E-state index in [0.717, 1.165) is 5.56 Å². The van der Waals surface area contributed by atoms with Gasteiger partial charge in [0, 0.05) is 12.0 Å².